The maximum atomic E-state index is 5.51. The van der Waals surface area contributed by atoms with Crippen LogP contribution in [0, 0.1) is 5.92 Å². The van der Waals surface area contributed by atoms with E-state index in [1.807, 2.05) is 32.3 Å². The molecule has 144 valence electrons. The van der Waals surface area contributed by atoms with E-state index in [-0.39, 0.29) is 0 Å². The minimum absolute atomic E-state index is 0.670. The fourth-order valence-electron chi connectivity index (χ4n) is 3.50. The number of hydrogen-bond acceptors (Lipinski definition) is 3. The number of nitrogens with one attached hydrogen (secondary N) is 1. The van der Waals surface area contributed by atoms with Gasteiger partial charge in [0.25, 0.3) is 0 Å². The van der Waals surface area contributed by atoms with Crippen LogP contribution in [0.5, 0.6) is 11.5 Å². The van der Waals surface area contributed by atoms with Crippen molar-refractivity contribution in [2.75, 3.05) is 34.9 Å². The lowest BCUT2D eigenvalue weighted by Crippen LogP contribution is -2.39. The minimum atomic E-state index is 0.670. The number of ether oxygens (including phenoxy) is 2. The van der Waals surface area contributed by atoms with Gasteiger partial charge in [0.1, 0.15) is 11.5 Å². The number of rotatable bonds is 7. The molecule has 27 heavy (non-hydrogen) atoms. The predicted molar refractivity (Wildman–Crippen MR) is 110 cm³/mol. The number of nitrogens with zero attached hydrogens (tertiary/aromatic N) is 2. The van der Waals surface area contributed by atoms with Gasteiger partial charge < -0.3 is 19.7 Å². The molecule has 1 N–H and O–H groups in total. The summed E-state index contributed by atoms with van der Waals surface area (Å²) in [6, 6.07) is 16.7. The molecule has 1 aliphatic carbocycles. The van der Waals surface area contributed by atoms with E-state index in [4.69, 9.17) is 9.47 Å². The van der Waals surface area contributed by atoms with Crippen LogP contribution in [0.25, 0.3) is 0 Å². The summed E-state index contributed by atoms with van der Waals surface area (Å²) in [6.45, 7) is 1.65. The average Bonchev–Trinajstić information content (AvgIpc) is 3.49. The van der Waals surface area contributed by atoms with Crippen LogP contribution >= 0.6 is 0 Å². The number of hydrogen-bond donors (Lipinski definition) is 1. The van der Waals surface area contributed by atoms with E-state index in [0.29, 0.717) is 18.4 Å². The summed E-state index contributed by atoms with van der Waals surface area (Å²) in [5.74, 6) is 3.85. The summed E-state index contributed by atoms with van der Waals surface area (Å²) < 4.78 is 10.8. The molecule has 3 rings (SSSR count). The lowest BCUT2D eigenvalue weighted by atomic mass is 10.1. The Morgan fingerprint density at radius 3 is 2.59 bits per heavy atom. The van der Waals surface area contributed by atoms with Crippen molar-refractivity contribution in [2.24, 2.45) is 10.9 Å². The predicted octanol–water partition coefficient (Wildman–Crippen LogP) is 3.51. The van der Waals surface area contributed by atoms with Crippen LogP contribution < -0.4 is 14.8 Å². The summed E-state index contributed by atoms with van der Waals surface area (Å²) in [5, 5.41) is 3.52. The Bertz CT molecular complexity index is 776. The van der Waals surface area contributed by atoms with E-state index < -0.39 is 0 Å². The third-order valence-electron chi connectivity index (χ3n) is 5.15. The summed E-state index contributed by atoms with van der Waals surface area (Å²) in [7, 11) is 7.21. The molecule has 2 aromatic rings. The Labute approximate surface area is 162 Å². The quantitative estimate of drug-likeness (QED) is 0.601. The molecular weight excluding hydrogens is 338 g/mol. The van der Waals surface area contributed by atoms with Gasteiger partial charge in [0.2, 0.25) is 0 Å². The zero-order valence-corrected chi connectivity index (χ0v) is 16.6. The van der Waals surface area contributed by atoms with Gasteiger partial charge in [0.05, 0.1) is 14.2 Å². The number of methoxy groups -OCH3 is 2. The van der Waals surface area contributed by atoms with Crippen LogP contribution in [0.3, 0.4) is 0 Å². The van der Waals surface area contributed by atoms with E-state index in [2.05, 4.69) is 45.5 Å². The Kier molecular flexibility index (Phi) is 6.22. The van der Waals surface area contributed by atoms with Gasteiger partial charge >= 0.3 is 0 Å². The second-order valence-electron chi connectivity index (χ2n) is 6.97. The molecule has 0 aliphatic heterocycles. The van der Waals surface area contributed by atoms with Gasteiger partial charge in [-0.1, -0.05) is 30.3 Å². The van der Waals surface area contributed by atoms with Gasteiger partial charge in [0, 0.05) is 38.8 Å². The molecule has 0 heterocycles. The van der Waals surface area contributed by atoms with Gasteiger partial charge in [-0.05, 0) is 36.0 Å². The first-order valence-electron chi connectivity index (χ1n) is 9.34. The van der Waals surface area contributed by atoms with Crippen molar-refractivity contribution >= 4 is 5.96 Å². The first-order chi connectivity index (χ1) is 13.2. The lowest BCUT2D eigenvalue weighted by Gasteiger charge is -2.23. The molecule has 1 fully saturated rings. The maximum Gasteiger partial charge on any atom is 0.193 e. The summed E-state index contributed by atoms with van der Waals surface area (Å²) in [4.78, 5) is 6.55. The topological polar surface area (TPSA) is 46.1 Å². The molecule has 0 radical (unpaired) electrons. The highest BCUT2D eigenvalue weighted by molar-refractivity contribution is 5.79. The summed E-state index contributed by atoms with van der Waals surface area (Å²) >= 11 is 0. The molecule has 0 spiro atoms. The molecule has 0 saturated heterocycles. The van der Waals surface area contributed by atoms with Crippen molar-refractivity contribution in [3.8, 4) is 11.5 Å². The number of aliphatic imine (C=N–C) groups is 1. The van der Waals surface area contributed by atoms with E-state index in [1.165, 1.54) is 12.0 Å². The molecule has 0 bridgehead atoms. The van der Waals surface area contributed by atoms with E-state index in [9.17, 15) is 0 Å². The number of guanidine groups is 1. The Morgan fingerprint density at radius 1 is 1.15 bits per heavy atom. The highest BCUT2D eigenvalue weighted by Gasteiger charge is 2.37. The first kappa shape index (κ1) is 19.1. The van der Waals surface area contributed by atoms with Crippen molar-refractivity contribution < 1.29 is 9.47 Å². The fraction of sp³-hybridized carbons (Fsp3) is 0.409. The van der Waals surface area contributed by atoms with Gasteiger partial charge in [0.15, 0.2) is 5.96 Å². The van der Waals surface area contributed by atoms with Gasteiger partial charge in [-0.25, -0.2) is 0 Å². The average molecular weight is 367 g/mol. The third-order valence-corrected chi connectivity index (χ3v) is 5.15. The molecular formula is C22H29N3O2. The molecule has 0 aromatic heterocycles. The van der Waals surface area contributed by atoms with Crippen molar-refractivity contribution in [1.82, 2.24) is 10.2 Å². The van der Waals surface area contributed by atoms with Crippen LogP contribution in [0.15, 0.2) is 53.5 Å². The second-order valence-corrected chi connectivity index (χ2v) is 6.97. The SMILES string of the molecule is CN=C(NCC1CC1c1ccccc1)N(C)Cc1ccc(OC)cc1OC. The third kappa shape index (κ3) is 4.73. The van der Waals surface area contributed by atoms with Crippen LogP contribution in [0.1, 0.15) is 23.5 Å². The highest BCUT2D eigenvalue weighted by Crippen LogP contribution is 2.46. The van der Waals surface area contributed by atoms with Crippen molar-refractivity contribution in [1.29, 1.82) is 0 Å². The molecule has 5 nitrogen and oxygen atoms in total. The summed E-state index contributed by atoms with van der Waals surface area (Å²) in [5.41, 5.74) is 2.54. The zero-order valence-electron chi connectivity index (χ0n) is 16.6. The van der Waals surface area contributed by atoms with Gasteiger partial charge in [-0.3, -0.25) is 4.99 Å². The zero-order chi connectivity index (χ0) is 19.2. The Hall–Kier alpha value is -2.69. The van der Waals surface area contributed by atoms with Crippen LogP contribution in [0.4, 0.5) is 0 Å². The van der Waals surface area contributed by atoms with Crippen LogP contribution in [-0.2, 0) is 6.54 Å². The standard InChI is InChI=1S/C22H29N3O2/c1-23-22(24-14-18-12-20(18)16-8-6-5-7-9-16)25(2)15-17-10-11-19(26-3)13-21(17)27-4/h5-11,13,18,20H,12,14-15H2,1-4H3,(H,23,24). The molecule has 0 amide bonds. The molecule has 1 saturated carbocycles. The van der Waals surface area contributed by atoms with Crippen molar-refractivity contribution in [3.63, 3.8) is 0 Å². The van der Waals surface area contributed by atoms with E-state index >= 15 is 0 Å². The lowest BCUT2D eigenvalue weighted by molar-refractivity contribution is 0.382. The molecule has 5 heteroatoms. The molecule has 1 aliphatic rings. The summed E-state index contributed by atoms with van der Waals surface area (Å²) in [6.07, 6.45) is 1.24. The fourth-order valence-corrected chi connectivity index (χ4v) is 3.50. The highest BCUT2D eigenvalue weighted by atomic mass is 16.5. The van der Waals surface area contributed by atoms with E-state index in [0.717, 1.165) is 29.6 Å². The van der Waals surface area contributed by atoms with Crippen LogP contribution in [0.2, 0.25) is 0 Å². The minimum Gasteiger partial charge on any atom is -0.497 e. The monoisotopic (exact) mass is 367 g/mol. The maximum absolute atomic E-state index is 5.51. The Balaban J connectivity index is 1.55. The van der Waals surface area contributed by atoms with Crippen LogP contribution in [-0.4, -0.2) is 45.7 Å². The Morgan fingerprint density at radius 2 is 1.93 bits per heavy atom. The largest absolute Gasteiger partial charge is 0.497 e. The number of benzene rings is 2. The van der Waals surface area contributed by atoms with Crippen molar-refractivity contribution in [3.05, 3.63) is 59.7 Å². The molecule has 2 aromatic carbocycles. The molecule has 2 atom stereocenters. The smallest absolute Gasteiger partial charge is 0.193 e. The molecule has 2 unspecified atom stereocenters. The first-order valence-corrected chi connectivity index (χ1v) is 9.34. The van der Waals surface area contributed by atoms with Gasteiger partial charge in [-0.15, -0.1) is 0 Å². The van der Waals surface area contributed by atoms with Crippen molar-refractivity contribution in [2.45, 2.75) is 18.9 Å². The van der Waals surface area contributed by atoms with E-state index in [1.54, 1.807) is 14.2 Å². The normalized spacial score (nSPS) is 18.7. The van der Waals surface area contributed by atoms with Gasteiger partial charge in [-0.2, -0.15) is 0 Å². The second kappa shape index (κ2) is 8.80.